The fourth-order valence-electron chi connectivity index (χ4n) is 0.423. The number of rotatable bonds is 5. The average molecular weight is 151 g/mol. The van der Waals surface area contributed by atoms with Crippen LogP contribution in [-0.4, -0.2) is 27.7 Å². The maximum Gasteiger partial charge on any atom is 0.0474 e. The van der Waals surface area contributed by atoms with Gasteiger partial charge in [0.1, 0.15) is 0 Å². The summed E-state index contributed by atoms with van der Waals surface area (Å²) in [5.41, 5.74) is 0. The van der Waals surface area contributed by atoms with E-state index in [0.29, 0.717) is 19.6 Å². The molecule has 0 aliphatic carbocycles. The third kappa shape index (κ3) is 8.07. The summed E-state index contributed by atoms with van der Waals surface area (Å²) in [7, 11) is 0. The molecule has 9 heavy (non-hydrogen) atoms. The molecule has 3 nitrogen and oxygen atoms in total. The zero-order chi connectivity index (χ0) is 7.11. The summed E-state index contributed by atoms with van der Waals surface area (Å²) < 4.78 is 24.7. The van der Waals surface area contributed by atoms with Crippen LogP contribution in [0.3, 0.4) is 0 Å². The van der Waals surface area contributed by atoms with Crippen molar-refractivity contribution in [3.8, 4) is 0 Å². The first-order valence-corrected chi connectivity index (χ1v) is 4.15. The Bertz CT molecular complexity index is 84.3. The molecular formula is C5H11O3S-. The standard InChI is InChI=1S/C5H12O3S/c1-2-8-4-3-5-9(6)7/h2-5H2,1H3,(H,6,7)/p-1. The van der Waals surface area contributed by atoms with Crippen molar-refractivity contribution in [2.24, 2.45) is 0 Å². The fourth-order valence-corrected chi connectivity index (χ4v) is 0.777. The highest BCUT2D eigenvalue weighted by molar-refractivity contribution is 7.79. The summed E-state index contributed by atoms with van der Waals surface area (Å²) in [4.78, 5) is 0. The number of ether oxygens (including phenoxy) is 1. The van der Waals surface area contributed by atoms with Gasteiger partial charge in [-0.05, 0) is 13.3 Å². The molecule has 0 aliphatic rings. The molecule has 0 heterocycles. The maximum absolute atomic E-state index is 9.91. The quantitative estimate of drug-likeness (QED) is 0.419. The van der Waals surface area contributed by atoms with Crippen LogP contribution in [0.1, 0.15) is 13.3 Å². The Labute approximate surface area is 57.7 Å². The summed E-state index contributed by atoms with van der Waals surface area (Å²) in [6.45, 7) is 3.09. The van der Waals surface area contributed by atoms with E-state index in [0.717, 1.165) is 0 Å². The molecule has 0 amide bonds. The largest absolute Gasteiger partial charge is 0.772 e. The zero-order valence-corrected chi connectivity index (χ0v) is 6.28. The Hall–Kier alpha value is 0.0700. The van der Waals surface area contributed by atoms with E-state index in [2.05, 4.69) is 0 Å². The second-order valence-electron chi connectivity index (χ2n) is 1.56. The van der Waals surface area contributed by atoms with Gasteiger partial charge in [0.05, 0.1) is 0 Å². The van der Waals surface area contributed by atoms with E-state index in [9.17, 15) is 8.76 Å². The summed E-state index contributed by atoms with van der Waals surface area (Å²) >= 11 is -1.90. The highest BCUT2D eigenvalue weighted by Crippen LogP contribution is 1.84. The first-order valence-electron chi connectivity index (χ1n) is 2.91. The summed E-state index contributed by atoms with van der Waals surface area (Å²) in [6, 6.07) is 0. The van der Waals surface area contributed by atoms with Crippen molar-refractivity contribution < 1.29 is 13.5 Å². The normalized spacial score (nSPS) is 13.6. The lowest BCUT2D eigenvalue weighted by Crippen LogP contribution is -2.01. The van der Waals surface area contributed by atoms with Gasteiger partial charge >= 0.3 is 0 Å². The molecule has 0 fully saturated rings. The highest BCUT2D eigenvalue weighted by Gasteiger charge is 1.85. The van der Waals surface area contributed by atoms with E-state index < -0.39 is 11.1 Å². The van der Waals surface area contributed by atoms with Crippen molar-refractivity contribution in [3.05, 3.63) is 0 Å². The van der Waals surface area contributed by atoms with Crippen LogP contribution in [0.25, 0.3) is 0 Å². The maximum atomic E-state index is 9.91. The molecule has 0 saturated carbocycles. The van der Waals surface area contributed by atoms with Crippen molar-refractivity contribution in [3.63, 3.8) is 0 Å². The fraction of sp³-hybridized carbons (Fsp3) is 1.00. The van der Waals surface area contributed by atoms with Crippen LogP contribution in [0.2, 0.25) is 0 Å². The lowest BCUT2D eigenvalue weighted by Gasteiger charge is -2.03. The van der Waals surface area contributed by atoms with Crippen molar-refractivity contribution in [1.29, 1.82) is 0 Å². The van der Waals surface area contributed by atoms with Crippen LogP contribution in [0, 0.1) is 0 Å². The van der Waals surface area contributed by atoms with Crippen LogP contribution in [0.15, 0.2) is 0 Å². The van der Waals surface area contributed by atoms with Gasteiger partial charge in [0.2, 0.25) is 0 Å². The van der Waals surface area contributed by atoms with Crippen molar-refractivity contribution >= 4 is 11.1 Å². The Morgan fingerprint density at radius 3 is 2.78 bits per heavy atom. The molecule has 0 aromatic carbocycles. The highest BCUT2D eigenvalue weighted by atomic mass is 32.2. The first-order chi connectivity index (χ1) is 4.27. The third-order valence-electron chi connectivity index (χ3n) is 0.804. The predicted octanol–water partition coefficient (Wildman–Crippen LogP) is 0.292. The monoisotopic (exact) mass is 151 g/mol. The lowest BCUT2D eigenvalue weighted by molar-refractivity contribution is 0.148. The average Bonchev–Trinajstić information content (AvgIpc) is 1.80. The Morgan fingerprint density at radius 1 is 1.67 bits per heavy atom. The van der Waals surface area contributed by atoms with Crippen molar-refractivity contribution in [2.45, 2.75) is 13.3 Å². The van der Waals surface area contributed by atoms with Gasteiger partial charge in [-0.1, -0.05) is 11.1 Å². The van der Waals surface area contributed by atoms with E-state index in [1.165, 1.54) is 0 Å². The molecule has 0 bridgehead atoms. The lowest BCUT2D eigenvalue weighted by atomic mass is 10.5. The van der Waals surface area contributed by atoms with Crippen LogP contribution in [-0.2, 0) is 15.8 Å². The molecule has 0 aromatic rings. The minimum absolute atomic E-state index is 0.208. The molecule has 0 aromatic heterocycles. The number of hydrogen-bond acceptors (Lipinski definition) is 3. The SMILES string of the molecule is CCOCCCS(=O)[O-]. The van der Waals surface area contributed by atoms with E-state index in [4.69, 9.17) is 4.74 Å². The van der Waals surface area contributed by atoms with Crippen LogP contribution in [0.5, 0.6) is 0 Å². The van der Waals surface area contributed by atoms with Crippen molar-refractivity contribution in [1.82, 2.24) is 0 Å². The molecule has 0 N–H and O–H groups in total. The van der Waals surface area contributed by atoms with Gasteiger partial charge in [-0.3, -0.25) is 4.21 Å². The van der Waals surface area contributed by atoms with Gasteiger partial charge in [-0.25, -0.2) is 0 Å². The molecule has 0 saturated heterocycles. The smallest absolute Gasteiger partial charge is 0.0474 e. The summed E-state index contributed by atoms with van der Waals surface area (Å²) in [5, 5.41) is 0. The summed E-state index contributed by atoms with van der Waals surface area (Å²) in [6.07, 6.45) is 0.601. The number of hydrogen-bond donors (Lipinski definition) is 0. The molecular weight excluding hydrogens is 140 g/mol. The second-order valence-corrected chi connectivity index (χ2v) is 2.57. The van der Waals surface area contributed by atoms with Crippen LogP contribution >= 0.6 is 0 Å². The Morgan fingerprint density at radius 2 is 2.33 bits per heavy atom. The topological polar surface area (TPSA) is 49.4 Å². The van der Waals surface area contributed by atoms with Gasteiger partial charge in [0.25, 0.3) is 0 Å². The van der Waals surface area contributed by atoms with Gasteiger partial charge in [-0.15, -0.1) is 0 Å². The van der Waals surface area contributed by atoms with Gasteiger partial charge in [0.15, 0.2) is 0 Å². The Kier molecular flexibility index (Phi) is 6.24. The molecule has 0 spiro atoms. The van der Waals surface area contributed by atoms with Crippen molar-refractivity contribution in [2.75, 3.05) is 19.0 Å². The van der Waals surface area contributed by atoms with Crippen LogP contribution < -0.4 is 0 Å². The molecule has 0 rings (SSSR count). The summed E-state index contributed by atoms with van der Waals surface area (Å²) in [5.74, 6) is 0.208. The second kappa shape index (κ2) is 6.19. The van der Waals surface area contributed by atoms with E-state index in [1.54, 1.807) is 0 Å². The third-order valence-corrected chi connectivity index (χ3v) is 1.43. The minimum Gasteiger partial charge on any atom is -0.772 e. The first kappa shape index (κ1) is 9.07. The van der Waals surface area contributed by atoms with Gasteiger partial charge < -0.3 is 9.29 Å². The molecule has 56 valence electrons. The zero-order valence-electron chi connectivity index (χ0n) is 5.46. The molecule has 0 aliphatic heterocycles. The molecule has 1 atom stereocenters. The van der Waals surface area contributed by atoms with E-state index in [-0.39, 0.29) is 5.75 Å². The van der Waals surface area contributed by atoms with E-state index in [1.807, 2.05) is 6.92 Å². The molecule has 1 unspecified atom stereocenters. The van der Waals surface area contributed by atoms with Gasteiger partial charge in [0, 0.05) is 19.0 Å². The van der Waals surface area contributed by atoms with Crippen LogP contribution in [0.4, 0.5) is 0 Å². The minimum atomic E-state index is -1.90. The van der Waals surface area contributed by atoms with Gasteiger partial charge in [-0.2, -0.15) is 0 Å². The predicted molar refractivity (Wildman–Crippen MR) is 34.9 cm³/mol. The molecule has 0 radical (unpaired) electrons. The molecule has 4 heteroatoms. The van der Waals surface area contributed by atoms with E-state index >= 15 is 0 Å². The Balaban J connectivity index is 2.83.